The first kappa shape index (κ1) is 27.8. The minimum absolute atomic E-state index is 0.657. The van der Waals surface area contributed by atoms with Gasteiger partial charge in [0.05, 0.1) is 0 Å². The standard InChI is InChI=1S/C9H11O3.3C2H4O2.Pb/c1-10-7-5-4-6-8(11-2)9(7)12-3;3*1-2(3)4;/h5-6H,1-3H3;3*1H3,(H,3,4);. The van der Waals surface area contributed by atoms with Gasteiger partial charge in [0.2, 0.25) is 0 Å². The van der Waals surface area contributed by atoms with Crippen molar-refractivity contribution in [1.82, 2.24) is 0 Å². The van der Waals surface area contributed by atoms with Crippen LogP contribution in [-0.4, -0.2) is 80.3 Å². The Morgan fingerprint density at radius 2 is 1.00 bits per heavy atom. The molecule has 10 heteroatoms. The first-order valence-electron chi connectivity index (χ1n) is 6.53. The molecule has 0 fully saturated rings. The topological polar surface area (TPSA) is 140 Å². The first-order valence-corrected chi connectivity index (χ1v) is 8.47. The molecule has 0 amide bonds. The van der Waals surface area contributed by atoms with Crippen LogP contribution in [0.5, 0.6) is 17.2 Å². The number of rotatable bonds is 3. The Labute approximate surface area is 162 Å². The molecule has 0 aliphatic carbocycles. The van der Waals surface area contributed by atoms with Crippen LogP contribution in [-0.2, 0) is 14.4 Å². The van der Waals surface area contributed by atoms with Crippen molar-refractivity contribution in [2.75, 3.05) is 21.3 Å². The van der Waals surface area contributed by atoms with Crippen LogP contribution in [0.1, 0.15) is 20.8 Å². The quantitative estimate of drug-likeness (QED) is 0.463. The Morgan fingerprint density at radius 1 is 0.760 bits per heavy atom. The van der Waals surface area contributed by atoms with Gasteiger partial charge in [0.1, 0.15) is 0 Å². The molecule has 0 saturated heterocycles. The first-order chi connectivity index (χ1) is 11.4. The fourth-order valence-electron chi connectivity index (χ4n) is 1.08. The molecule has 0 aliphatic rings. The molecule has 0 spiro atoms. The SMILES string of the molecule is CC(=O)O.CC(=O)O.CC(=O)O.COc1c[c]([Pb])cc(OC)c1OC. The molecule has 0 aliphatic heterocycles. The summed E-state index contributed by atoms with van der Waals surface area (Å²) in [4.78, 5) is 27.0. The average molecular weight is 555 g/mol. The van der Waals surface area contributed by atoms with Crippen LogP contribution >= 0.6 is 0 Å². The van der Waals surface area contributed by atoms with E-state index < -0.39 is 17.9 Å². The number of carboxylic acid groups (broad SMARTS) is 3. The monoisotopic (exact) mass is 555 g/mol. The van der Waals surface area contributed by atoms with E-state index in [9.17, 15) is 0 Å². The van der Waals surface area contributed by atoms with Crippen LogP contribution in [0.2, 0.25) is 0 Å². The van der Waals surface area contributed by atoms with E-state index in [1.165, 1.54) is 3.12 Å². The van der Waals surface area contributed by atoms with Gasteiger partial charge in [0.25, 0.3) is 17.9 Å². The summed E-state index contributed by atoms with van der Waals surface area (Å²) < 4.78 is 16.7. The molecule has 9 nitrogen and oxygen atoms in total. The Kier molecular flexibility index (Phi) is 18.7. The van der Waals surface area contributed by atoms with Crippen molar-refractivity contribution in [1.29, 1.82) is 0 Å². The fourth-order valence-corrected chi connectivity index (χ4v) is 2.10. The summed E-state index contributed by atoms with van der Waals surface area (Å²) in [6.07, 6.45) is 0. The molecule has 25 heavy (non-hydrogen) atoms. The second kappa shape index (κ2) is 16.8. The number of methoxy groups -OCH3 is 3. The van der Waals surface area contributed by atoms with Crippen molar-refractivity contribution in [2.24, 2.45) is 0 Å². The van der Waals surface area contributed by atoms with E-state index in [1.54, 1.807) is 21.3 Å². The summed E-state index contributed by atoms with van der Waals surface area (Å²) in [6.45, 7) is 3.25. The third kappa shape index (κ3) is 22.0. The van der Waals surface area contributed by atoms with E-state index in [-0.39, 0.29) is 0 Å². The van der Waals surface area contributed by atoms with Gasteiger partial charge in [-0.1, -0.05) is 0 Å². The number of carboxylic acids is 3. The summed E-state index contributed by atoms with van der Waals surface area (Å²) >= 11 is 0.965. The fraction of sp³-hybridized carbons (Fsp3) is 0.400. The molecule has 1 aromatic rings. The van der Waals surface area contributed by atoms with E-state index in [2.05, 4.69) is 0 Å². The number of ether oxygens (including phenoxy) is 3. The Balaban J connectivity index is -0.000000333. The van der Waals surface area contributed by atoms with Crippen molar-refractivity contribution in [2.45, 2.75) is 20.8 Å². The van der Waals surface area contributed by atoms with Crippen LogP contribution in [0.4, 0.5) is 0 Å². The van der Waals surface area contributed by atoms with Gasteiger partial charge in [-0.2, -0.15) is 0 Å². The molecule has 141 valence electrons. The van der Waals surface area contributed by atoms with Gasteiger partial charge >= 0.3 is 93.8 Å². The predicted octanol–water partition coefficient (Wildman–Crippen LogP) is 0.779. The maximum atomic E-state index is 9.00. The number of benzene rings is 1. The summed E-state index contributed by atoms with van der Waals surface area (Å²) in [5.74, 6) is -0.386. The van der Waals surface area contributed by atoms with Crippen molar-refractivity contribution in [3.8, 4) is 17.2 Å². The van der Waals surface area contributed by atoms with Gasteiger partial charge in [-0.25, -0.2) is 0 Å². The normalized spacial score (nSPS) is 7.96. The molecule has 0 bridgehead atoms. The molecule has 3 radical (unpaired) electrons. The predicted molar refractivity (Wildman–Crippen MR) is 91.4 cm³/mol. The van der Waals surface area contributed by atoms with E-state index in [1.807, 2.05) is 12.1 Å². The number of carbonyl (C=O) groups is 3. The van der Waals surface area contributed by atoms with Crippen LogP contribution < -0.4 is 17.3 Å². The number of aliphatic carboxylic acids is 3. The molecule has 1 rings (SSSR count). The molecule has 0 heterocycles. The molecule has 0 atom stereocenters. The van der Waals surface area contributed by atoms with Gasteiger partial charge in [-0.3, -0.25) is 14.4 Å². The molecule has 0 unspecified atom stereocenters. The summed E-state index contributed by atoms with van der Waals surface area (Å²) in [6, 6.07) is 3.93. The zero-order chi connectivity index (χ0) is 20.6. The van der Waals surface area contributed by atoms with Crippen LogP contribution in [0.25, 0.3) is 0 Å². The zero-order valence-electron chi connectivity index (χ0n) is 14.9. The Morgan fingerprint density at radius 3 is 1.16 bits per heavy atom. The van der Waals surface area contributed by atoms with Gasteiger partial charge < -0.3 is 15.3 Å². The van der Waals surface area contributed by atoms with Gasteiger partial charge in [-0.15, -0.1) is 0 Å². The second-order valence-electron chi connectivity index (χ2n) is 3.97. The molecular formula is C15H23O9Pb. The molecular weight excluding hydrogens is 531 g/mol. The number of hydrogen-bond acceptors (Lipinski definition) is 6. The third-order valence-electron chi connectivity index (χ3n) is 1.66. The van der Waals surface area contributed by atoms with Gasteiger partial charge in [0.15, 0.2) is 0 Å². The molecule has 0 aromatic heterocycles. The Hall–Kier alpha value is -2.05. The van der Waals surface area contributed by atoms with Crippen molar-refractivity contribution >= 4 is 46.8 Å². The Bertz CT molecular complexity index is 478. The van der Waals surface area contributed by atoms with E-state index in [0.29, 0.717) is 5.75 Å². The minimum atomic E-state index is -0.833. The van der Waals surface area contributed by atoms with Gasteiger partial charge in [0, 0.05) is 20.8 Å². The van der Waals surface area contributed by atoms with Crippen molar-refractivity contribution < 1.29 is 43.9 Å². The second-order valence-corrected chi connectivity index (χ2v) is 6.22. The van der Waals surface area contributed by atoms with Crippen molar-refractivity contribution in [3.63, 3.8) is 0 Å². The van der Waals surface area contributed by atoms with Crippen LogP contribution in [0.15, 0.2) is 12.1 Å². The third-order valence-corrected chi connectivity index (χ3v) is 2.79. The van der Waals surface area contributed by atoms with Crippen molar-refractivity contribution in [3.05, 3.63) is 12.1 Å². The van der Waals surface area contributed by atoms with E-state index in [0.717, 1.165) is 58.0 Å². The molecule has 0 saturated carbocycles. The number of hydrogen-bond donors (Lipinski definition) is 3. The summed E-state index contributed by atoms with van der Waals surface area (Å²) in [7, 11) is 4.85. The maximum absolute atomic E-state index is 9.00. The summed E-state index contributed by atoms with van der Waals surface area (Å²) in [5.41, 5.74) is 0. The zero-order valence-corrected chi connectivity index (χ0v) is 18.8. The van der Waals surface area contributed by atoms with E-state index in [4.69, 9.17) is 43.9 Å². The van der Waals surface area contributed by atoms with Crippen LogP contribution in [0, 0.1) is 0 Å². The summed E-state index contributed by atoms with van der Waals surface area (Å²) in [5, 5.41) is 22.2. The van der Waals surface area contributed by atoms with E-state index >= 15 is 0 Å². The average Bonchev–Trinajstić information content (AvgIpc) is 2.44. The van der Waals surface area contributed by atoms with Crippen LogP contribution in [0.3, 0.4) is 0 Å². The molecule has 1 aromatic carbocycles. The molecule has 3 N–H and O–H groups in total. The van der Waals surface area contributed by atoms with Gasteiger partial charge in [-0.05, 0) is 0 Å².